The molecular formula is C31H62O6PS+. The molecule has 5 unspecified atom stereocenters. The summed E-state index contributed by atoms with van der Waals surface area (Å²) in [6.45, 7) is 11.9. The zero-order valence-corrected chi connectivity index (χ0v) is 27.9. The second-order valence-corrected chi connectivity index (χ2v) is 13.6. The highest BCUT2D eigenvalue weighted by Crippen LogP contribution is 2.43. The molecule has 0 saturated carbocycles. The number of unbranched alkanes of at least 4 members (excludes halogenated alkanes) is 13. The molecule has 0 bridgehead atoms. The van der Waals surface area contributed by atoms with Crippen LogP contribution in [0.4, 0.5) is 0 Å². The number of rotatable bonds is 28. The van der Waals surface area contributed by atoms with Crippen LogP contribution < -0.4 is 0 Å². The number of thioether (sulfide) groups is 1. The Kier molecular flexibility index (Phi) is 25.4. The summed E-state index contributed by atoms with van der Waals surface area (Å²) in [5.41, 5.74) is 0. The molecule has 0 aromatic carbocycles. The van der Waals surface area contributed by atoms with Gasteiger partial charge < -0.3 is 14.6 Å². The monoisotopic (exact) mass is 593 g/mol. The van der Waals surface area contributed by atoms with Crippen molar-refractivity contribution in [2.24, 2.45) is 0 Å². The topological polar surface area (TPSA) is 82.1 Å². The van der Waals surface area contributed by atoms with Crippen molar-refractivity contribution in [2.75, 3.05) is 19.0 Å². The molecule has 0 aliphatic rings. The highest BCUT2D eigenvalue weighted by atomic mass is 32.2. The number of carbonyl (C=O) groups excluding carboxylic acids is 1. The minimum absolute atomic E-state index is 0.0788. The van der Waals surface area contributed by atoms with E-state index >= 15 is 0 Å². The molecule has 0 amide bonds. The van der Waals surface area contributed by atoms with Gasteiger partial charge in [-0.3, -0.25) is 0 Å². The van der Waals surface area contributed by atoms with Crippen molar-refractivity contribution in [3.63, 3.8) is 0 Å². The quantitative estimate of drug-likeness (QED) is 0.0549. The average Bonchev–Trinajstić information content (AvgIpc) is 2.92. The van der Waals surface area contributed by atoms with Crippen molar-refractivity contribution >= 4 is 25.8 Å². The summed E-state index contributed by atoms with van der Waals surface area (Å²) in [5.74, 6) is 0.130. The lowest BCUT2D eigenvalue weighted by molar-refractivity contribution is -0.171. The fourth-order valence-corrected chi connectivity index (χ4v) is 7.09. The summed E-state index contributed by atoms with van der Waals surface area (Å²) in [6, 6.07) is 0. The lowest BCUT2D eigenvalue weighted by atomic mass is 10.1. The third-order valence-electron chi connectivity index (χ3n) is 7.20. The average molecular weight is 594 g/mol. The first-order chi connectivity index (χ1) is 18.8. The number of hydrogen-bond donors (Lipinski definition) is 1. The standard InChI is InChI=1S/C31H62O6PS/c1-7-11-13-15-16-17-18-19-21-23-26-39-29(24-22-20-14-12-8-2)27(5)37-28(6)31(33,30(32)35-10-4)38(34)36-25-9-3/h27-29,33H,7-26H2,1-6H3/q+1. The van der Waals surface area contributed by atoms with Crippen molar-refractivity contribution in [3.8, 4) is 0 Å². The van der Waals surface area contributed by atoms with Crippen molar-refractivity contribution in [1.29, 1.82) is 0 Å². The maximum Gasteiger partial charge on any atom is 0.559 e. The van der Waals surface area contributed by atoms with Crippen LogP contribution in [-0.2, 0) is 23.4 Å². The van der Waals surface area contributed by atoms with Gasteiger partial charge in [0, 0.05) is 5.25 Å². The van der Waals surface area contributed by atoms with Crippen LogP contribution in [0.3, 0.4) is 0 Å². The zero-order chi connectivity index (χ0) is 29.4. The Bertz CT molecular complexity index is 608. The van der Waals surface area contributed by atoms with E-state index in [0.29, 0.717) is 6.42 Å². The Morgan fingerprint density at radius 1 is 0.795 bits per heavy atom. The molecular weight excluding hydrogens is 531 g/mol. The third-order valence-corrected chi connectivity index (χ3v) is 10.3. The molecule has 0 saturated heterocycles. The fraction of sp³-hybridized carbons (Fsp3) is 0.968. The first kappa shape index (κ1) is 38.8. The van der Waals surface area contributed by atoms with Crippen LogP contribution in [0.25, 0.3) is 0 Å². The largest absolute Gasteiger partial charge is 0.559 e. The van der Waals surface area contributed by atoms with Crippen LogP contribution in [0.1, 0.15) is 151 Å². The third kappa shape index (κ3) is 17.4. The second kappa shape index (κ2) is 25.5. The molecule has 1 N–H and O–H groups in total. The van der Waals surface area contributed by atoms with Crippen LogP contribution in [0.2, 0.25) is 0 Å². The van der Waals surface area contributed by atoms with Gasteiger partial charge in [0.25, 0.3) is 0 Å². The highest BCUT2D eigenvalue weighted by molar-refractivity contribution is 7.99. The Morgan fingerprint density at radius 3 is 1.82 bits per heavy atom. The number of carbonyl (C=O) groups is 1. The molecule has 0 aromatic heterocycles. The van der Waals surface area contributed by atoms with Gasteiger partial charge in [-0.15, -0.1) is 4.52 Å². The van der Waals surface area contributed by atoms with Crippen LogP contribution >= 0.6 is 19.8 Å². The maximum absolute atomic E-state index is 12.9. The zero-order valence-electron chi connectivity index (χ0n) is 26.2. The molecule has 0 heterocycles. The minimum Gasteiger partial charge on any atom is -0.460 e. The molecule has 6 nitrogen and oxygen atoms in total. The Balaban J connectivity index is 4.94. The summed E-state index contributed by atoms with van der Waals surface area (Å²) in [7, 11) is -2.72. The van der Waals surface area contributed by atoms with Gasteiger partial charge in [0.2, 0.25) is 0 Å². The van der Waals surface area contributed by atoms with E-state index < -0.39 is 25.4 Å². The maximum atomic E-state index is 12.9. The second-order valence-electron chi connectivity index (χ2n) is 10.8. The van der Waals surface area contributed by atoms with Gasteiger partial charge in [0.1, 0.15) is 12.7 Å². The van der Waals surface area contributed by atoms with Crippen molar-refractivity contribution < 1.29 is 28.5 Å². The lowest BCUT2D eigenvalue weighted by Gasteiger charge is -2.29. The summed E-state index contributed by atoms with van der Waals surface area (Å²) < 4.78 is 29.5. The summed E-state index contributed by atoms with van der Waals surface area (Å²) >= 11 is 1.94. The molecule has 232 valence electrons. The molecule has 5 atom stereocenters. The van der Waals surface area contributed by atoms with Crippen LogP contribution in [0.15, 0.2) is 0 Å². The number of aliphatic hydroxyl groups is 1. The normalized spacial score (nSPS) is 15.9. The molecule has 39 heavy (non-hydrogen) atoms. The van der Waals surface area contributed by atoms with E-state index in [1.165, 1.54) is 89.9 Å². The van der Waals surface area contributed by atoms with Crippen LogP contribution in [0.5, 0.6) is 0 Å². The predicted molar refractivity (Wildman–Crippen MR) is 167 cm³/mol. The van der Waals surface area contributed by atoms with Gasteiger partial charge in [-0.05, 0) is 50.4 Å². The fourth-order valence-electron chi connectivity index (χ4n) is 4.63. The van der Waals surface area contributed by atoms with E-state index in [0.717, 1.165) is 18.6 Å². The summed E-state index contributed by atoms with van der Waals surface area (Å²) in [6.07, 6.45) is 19.7. The molecule has 0 aliphatic heterocycles. The van der Waals surface area contributed by atoms with Crippen molar-refractivity contribution in [1.82, 2.24) is 0 Å². The molecule has 8 heteroatoms. The van der Waals surface area contributed by atoms with E-state index in [9.17, 15) is 14.5 Å². The van der Waals surface area contributed by atoms with E-state index in [2.05, 4.69) is 13.8 Å². The van der Waals surface area contributed by atoms with Gasteiger partial charge in [-0.2, -0.15) is 11.8 Å². The van der Waals surface area contributed by atoms with Gasteiger partial charge in [0.15, 0.2) is 0 Å². The molecule has 0 spiro atoms. The van der Waals surface area contributed by atoms with E-state index in [-0.39, 0.29) is 24.6 Å². The van der Waals surface area contributed by atoms with Gasteiger partial charge in [0.05, 0.1) is 12.7 Å². The Hall–Kier alpha value is -0.200. The first-order valence-corrected chi connectivity index (χ1v) is 18.3. The Morgan fingerprint density at radius 2 is 1.31 bits per heavy atom. The number of hydrogen-bond acceptors (Lipinski definition) is 7. The number of esters is 1. The molecule has 0 aliphatic carbocycles. The molecule has 0 rings (SSSR count). The van der Waals surface area contributed by atoms with Crippen molar-refractivity contribution in [3.05, 3.63) is 0 Å². The van der Waals surface area contributed by atoms with Crippen LogP contribution in [-0.4, -0.2) is 52.8 Å². The summed E-state index contributed by atoms with van der Waals surface area (Å²) in [5, 5.41) is 9.15. The highest BCUT2D eigenvalue weighted by Gasteiger charge is 2.64. The lowest BCUT2D eigenvalue weighted by Crippen LogP contribution is -2.49. The van der Waals surface area contributed by atoms with Gasteiger partial charge >= 0.3 is 19.3 Å². The van der Waals surface area contributed by atoms with Gasteiger partial charge in [-0.25, -0.2) is 4.79 Å². The van der Waals surface area contributed by atoms with Gasteiger partial charge in [-0.1, -0.05) is 111 Å². The summed E-state index contributed by atoms with van der Waals surface area (Å²) in [4.78, 5) is 12.7. The molecule has 0 aromatic rings. The SMILES string of the molecule is CCCCCCCCCCCCSC(CCCCCCC)C(C)OC(C)C(O)(C(=O)OCC)[P+](=O)OCCC. The number of ether oxygens (including phenoxy) is 2. The predicted octanol–water partition coefficient (Wildman–Crippen LogP) is 9.58. The van der Waals surface area contributed by atoms with E-state index in [1.54, 1.807) is 13.8 Å². The minimum atomic E-state index is -2.72. The Labute approximate surface area is 246 Å². The smallest absolute Gasteiger partial charge is 0.460 e. The molecule has 0 fully saturated rings. The van der Waals surface area contributed by atoms with Crippen LogP contribution in [0, 0.1) is 0 Å². The first-order valence-electron chi connectivity index (χ1n) is 16.1. The molecule has 0 radical (unpaired) electrons. The van der Waals surface area contributed by atoms with Crippen molar-refractivity contribution in [2.45, 2.75) is 173 Å². The van der Waals surface area contributed by atoms with E-state index in [1.807, 2.05) is 25.6 Å². The van der Waals surface area contributed by atoms with E-state index in [4.69, 9.17) is 14.0 Å².